The fourth-order valence-electron chi connectivity index (χ4n) is 2.41. The van der Waals surface area contributed by atoms with Gasteiger partial charge in [0.15, 0.2) is 0 Å². The fraction of sp³-hybridized carbons (Fsp3) is 0.929. The smallest absolute Gasteiger partial charge is 0.237 e. The number of nitrogens with zero attached hydrogens (tertiary/aromatic N) is 1. The molecule has 2 unspecified atom stereocenters. The van der Waals surface area contributed by atoms with Gasteiger partial charge in [0.25, 0.3) is 0 Å². The lowest BCUT2D eigenvalue weighted by molar-refractivity contribution is -0.126. The second-order valence-corrected chi connectivity index (χ2v) is 5.25. The molecule has 0 aromatic rings. The van der Waals surface area contributed by atoms with Crippen LogP contribution in [0.15, 0.2) is 0 Å². The molecular formula is C14H29N3O2. The summed E-state index contributed by atoms with van der Waals surface area (Å²) < 4.78 is 5.15. The summed E-state index contributed by atoms with van der Waals surface area (Å²) in [6.45, 7) is 8.28. The van der Waals surface area contributed by atoms with Crippen molar-refractivity contribution < 1.29 is 9.53 Å². The van der Waals surface area contributed by atoms with Crippen LogP contribution in [0, 0.1) is 0 Å². The van der Waals surface area contributed by atoms with Gasteiger partial charge in [-0.25, -0.2) is 0 Å². The minimum atomic E-state index is -0.0934. The van der Waals surface area contributed by atoms with Gasteiger partial charge in [0.2, 0.25) is 5.91 Å². The minimum Gasteiger partial charge on any atom is -0.383 e. The van der Waals surface area contributed by atoms with Gasteiger partial charge in [-0.05, 0) is 32.7 Å². The summed E-state index contributed by atoms with van der Waals surface area (Å²) in [7, 11) is 1.70. The van der Waals surface area contributed by atoms with Crippen LogP contribution in [0.1, 0.15) is 33.1 Å². The molecule has 0 bridgehead atoms. The lowest BCUT2D eigenvalue weighted by Gasteiger charge is -2.30. The van der Waals surface area contributed by atoms with Crippen molar-refractivity contribution in [1.29, 1.82) is 0 Å². The number of hydrogen-bond donors (Lipinski definition) is 2. The van der Waals surface area contributed by atoms with Gasteiger partial charge in [-0.2, -0.15) is 0 Å². The Hall–Kier alpha value is -0.650. The number of nitrogens with one attached hydrogen (secondary N) is 2. The van der Waals surface area contributed by atoms with Gasteiger partial charge < -0.3 is 15.4 Å². The maximum absolute atomic E-state index is 12.1. The Bertz CT molecular complexity index is 255. The van der Waals surface area contributed by atoms with Gasteiger partial charge in [0.1, 0.15) is 0 Å². The summed E-state index contributed by atoms with van der Waals surface area (Å²) >= 11 is 0. The lowest BCUT2D eigenvalue weighted by Crippen LogP contribution is -2.50. The molecule has 2 atom stereocenters. The van der Waals surface area contributed by atoms with Gasteiger partial charge in [0.05, 0.1) is 12.6 Å². The van der Waals surface area contributed by atoms with E-state index in [1.165, 1.54) is 12.8 Å². The molecule has 1 rings (SSSR count). The molecule has 1 amide bonds. The van der Waals surface area contributed by atoms with Crippen LogP contribution in [0.5, 0.6) is 0 Å². The molecule has 0 radical (unpaired) electrons. The number of methoxy groups -OCH3 is 1. The first kappa shape index (κ1) is 16.4. The summed E-state index contributed by atoms with van der Waals surface area (Å²) in [6, 6.07) is 0.419. The van der Waals surface area contributed by atoms with Crippen molar-refractivity contribution in [3.63, 3.8) is 0 Å². The summed E-state index contributed by atoms with van der Waals surface area (Å²) in [6.07, 6.45) is 3.41. The van der Waals surface area contributed by atoms with Crippen LogP contribution in [0.4, 0.5) is 0 Å². The number of ether oxygens (including phenoxy) is 1. The number of rotatable bonds is 9. The average Bonchev–Trinajstić information content (AvgIpc) is 2.92. The second kappa shape index (κ2) is 9.28. The third kappa shape index (κ3) is 5.89. The van der Waals surface area contributed by atoms with Crippen LogP contribution in [0.2, 0.25) is 0 Å². The highest BCUT2D eigenvalue weighted by Crippen LogP contribution is 2.09. The van der Waals surface area contributed by atoms with Crippen LogP contribution in [0.25, 0.3) is 0 Å². The lowest BCUT2D eigenvalue weighted by atomic mass is 10.1. The summed E-state index contributed by atoms with van der Waals surface area (Å²) in [5, 5.41) is 6.46. The number of carbonyl (C=O) groups is 1. The normalized spacial score (nSPS) is 20.7. The summed E-state index contributed by atoms with van der Waals surface area (Å²) in [4.78, 5) is 14.3. The molecule has 1 aliphatic rings. The summed E-state index contributed by atoms with van der Waals surface area (Å²) in [5.41, 5.74) is 0. The molecular weight excluding hydrogens is 242 g/mol. The molecule has 5 nitrogen and oxygen atoms in total. The quantitative estimate of drug-likeness (QED) is 0.645. The highest BCUT2D eigenvalue weighted by molar-refractivity contribution is 5.81. The van der Waals surface area contributed by atoms with Gasteiger partial charge >= 0.3 is 0 Å². The highest BCUT2D eigenvalue weighted by Gasteiger charge is 2.25. The van der Waals surface area contributed by atoms with Crippen molar-refractivity contribution in [2.24, 2.45) is 0 Å². The maximum Gasteiger partial charge on any atom is 0.237 e. The number of amides is 1. The minimum absolute atomic E-state index is 0.0934. The number of carbonyl (C=O) groups excluding carboxylic acids is 1. The van der Waals surface area contributed by atoms with E-state index in [1.54, 1.807) is 7.11 Å². The molecule has 1 heterocycles. The standard InChI is InChI=1S/C14H29N3O2/c1-4-7-16-14(18)12(2)17(9-10-19-3)11-13-6-5-8-15-13/h12-13,15H,4-11H2,1-3H3,(H,16,18). The number of hydrogen-bond acceptors (Lipinski definition) is 4. The van der Waals surface area contributed by atoms with E-state index in [0.717, 1.165) is 32.6 Å². The molecule has 19 heavy (non-hydrogen) atoms. The van der Waals surface area contributed by atoms with Crippen LogP contribution < -0.4 is 10.6 Å². The van der Waals surface area contributed by atoms with Crippen molar-refractivity contribution >= 4 is 5.91 Å². The van der Waals surface area contributed by atoms with E-state index in [9.17, 15) is 4.79 Å². The van der Waals surface area contributed by atoms with Crippen molar-refractivity contribution in [3.8, 4) is 0 Å². The molecule has 5 heteroatoms. The van der Waals surface area contributed by atoms with Crippen LogP contribution in [-0.2, 0) is 9.53 Å². The van der Waals surface area contributed by atoms with Crippen molar-refractivity contribution in [1.82, 2.24) is 15.5 Å². The molecule has 1 fully saturated rings. The van der Waals surface area contributed by atoms with Crippen LogP contribution in [0.3, 0.4) is 0 Å². The Kier molecular flexibility index (Phi) is 8.02. The Morgan fingerprint density at radius 1 is 1.58 bits per heavy atom. The molecule has 112 valence electrons. The van der Waals surface area contributed by atoms with E-state index in [-0.39, 0.29) is 11.9 Å². The fourth-order valence-corrected chi connectivity index (χ4v) is 2.41. The van der Waals surface area contributed by atoms with Crippen LogP contribution >= 0.6 is 0 Å². The zero-order valence-electron chi connectivity index (χ0n) is 12.6. The van der Waals surface area contributed by atoms with Crippen molar-refractivity contribution in [2.75, 3.05) is 39.9 Å². The predicted molar refractivity (Wildman–Crippen MR) is 77.2 cm³/mol. The highest BCUT2D eigenvalue weighted by atomic mass is 16.5. The molecule has 2 N–H and O–H groups in total. The third-order valence-electron chi connectivity index (χ3n) is 3.68. The van der Waals surface area contributed by atoms with E-state index in [4.69, 9.17) is 4.74 Å². The SMILES string of the molecule is CCCNC(=O)C(C)N(CCOC)CC1CCCN1. The predicted octanol–water partition coefficient (Wildman–Crippen LogP) is 0.602. The third-order valence-corrected chi connectivity index (χ3v) is 3.68. The average molecular weight is 271 g/mol. The second-order valence-electron chi connectivity index (χ2n) is 5.25. The Morgan fingerprint density at radius 2 is 2.37 bits per heavy atom. The Balaban J connectivity index is 2.47. The van der Waals surface area contributed by atoms with E-state index in [1.807, 2.05) is 6.92 Å². The van der Waals surface area contributed by atoms with Crippen LogP contribution in [-0.4, -0.2) is 62.8 Å². The first-order valence-electron chi connectivity index (χ1n) is 7.43. The first-order chi connectivity index (χ1) is 9.19. The Morgan fingerprint density at radius 3 is 2.95 bits per heavy atom. The topological polar surface area (TPSA) is 53.6 Å². The van der Waals surface area contributed by atoms with E-state index in [0.29, 0.717) is 12.6 Å². The Labute approximate surface area is 117 Å². The van der Waals surface area contributed by atoms with Crippen molar-refractivity contribution in [3.05, 3.63) is 0 Å². The molecule has 0 spiro atoms. The van der Waals surface area contributed by atoms with Gasteiger partial charge in [-0.1, -0.05) is 6.92 Å². The summed E-state index contributed by atoms with van der Waals surface area (Å²) in [5.74, 6) is 0.121. The zero-order chi connectivity index (χ0) is 14.1. The van der Waals surface area contributed by atoms with Gasteiger partial charge in [-0.3, -0.25) is 9.69 Å². The molecule has 0 saturated carbocycles. The monoisotopic (exact) mass is 271 g/mol. The molecule has 1 aliphatic heterocycles. The largest absolute Gasteiger partial charge is 0.383 e. The van der Waals surface area contributed by atoms with E-state index in [2.05, 4.69) is 22.5 Å². The van der Waals surface area contributed by atoms with Crippen molar-refractivity contribution in [2.45, 2.75) is 45.2 Å². The molecule has 0 aromatic heterocycles. The maximum atomic E-state index is 12.1. The van der Waals surface area contributed by atoms with Gasteiger partial charge in [-0.15, -0.1) is 0 Å². The van der Waals surface area contributed by atoms with E-state index < -0.39 is 0 Å². The molecule has 0 aromatic carbocycles. The van der Waals surface area contributed by atoms with E-state index >= 15 is 0 Å². The first-order valence-corrected chi connectivity index (χ1v) is 7.43. The van der Waals surface area contributed by atoms with Gasteiger partial charge in [0, 0.05) is 32.8 Å². The zero-order valence-corrected chi connectivity index (χ0v) is 12.6. The molecule has 1 saturated heterocycles. The molecule has 0 aliphatic carbocycles.